The van der Waals surface area contributed by atoms with Gasteiger partial charge in [-0.2, -0.15) is 5.26 Å². The van der Waals surface area contributed by atoms with E-state index < -0.39 is 5.54 Å². The van der Waals surface area contributed by atoms with Gasteiger partial charge in [-0.1, -0.05) is 62.9 Å². The molecule has 1 heterocycles. The van der Waals surface area contributed by atoms with Crippen molar-refractivity contribution in [1.29, 1.82) is 5.26 Å². The minimum Gasteiger partial charge on any atom is -0.337 e. The molecule has 0 bridgehead atoms. The molecule has 1 aliphatic carbocycles. The zero-order valence-corrected chi connectivity index (χ0v) is 17.4. The fourth-order valence-electron chi connectivity index (χ4n) is 3.89. The molecular weight excluding hydrogens is 366 g/mol. The van der Waals surface area contributed by atoms with E-state index >= 15 is 0 Å². The highest BCUT2D eigenvalue weighted by molar-refractivity contribution is 7.10. The third kappa shape index (κ3) is 5.21. The van der Waals surface area contributed by atoms with Crippen LogP contribution in [0.15, 0.2) is 41.8 Å². The molecule has 5 heteroatoms. The molecule has 0 spiro atoms. The maximum atomic E-state index is 12.7. The summed E-state index contributed by atoms with van der Waals surface area (Å²) in [5, 5.41) is 18.2. The first-order valence-corrected chi connectivity index (χ1v) is 11.1. The van der Waals surface area contributed by atoms with Gasteiger partial charge in [0.1, 0.15) is 5.54 Å². The molecule has 0 radical (unpaired) electrons. The van der Waals surface area contributed by atoms with Crippen LogP contribution in [0.25, 0.3) is 0 Å². The molecule has 3 rings (SSSR count). The average molecular weight is 396 g/mol. The quantitative estimate of drug-likeness (QED) is 0.667. The van der Waals surface area contributed by atoms with Crippen molar-refractivity contribution < 1.29 is 4.79 Å². The van der Waals surface area contributed by atoms with Crippen LogP contribution in [-0.4, -0.2) is 18.0 Å². The van der Waals surface area contributed by atoms with E-state index in [0.717, 1.165) is 50.5 Å². The van der Waals surface area contributed by atoms with Crippen molar-refractivity contribution >= 4 is 17.2 Å². The predicted molar refractivity (Wildman–Crippen MR) is 114 cm³/mol. The summed E-state index contributed by atoms with van der Waals surface area (Å²) in [5.41, 5.74) is 1.75. The van der Waals surface area contributed by atoms with Gasteiger partial charge in [0.05, 0.1) is 18.7 Å². The third-order valence-corrected chi connectivity index (χ3v) is 6.50. The molecule has 2 N–H and O–H groups in total. The van der Waals surface area contributed by atoms with Gasteiger partial charge in [-0.25, -0.2) is 0 Å². The first-order valence-electron chi connectivity index (χ1n) is 10.2. The number of nitrogens with one attached hydrogen (secondary N) is 2. The van der Waals surface area contributed by atoms with Gasteiger partial charge in [-0.15, -0.1) is 11.3 Å². The SMILES string of the molecule is CCc1ccc([C@H](NCC(=O)NC2(C#N)CCCCCC2)c2cccs2)cc1. The molecule has 0 unspecified atom stereocenters. The zero-order chi connectivity index (χ0) is 19.8. The predicted octanol–water partition coefficient (Wildman–Crippen LogP) is 4.72. The maximum Gasteiger partial charge on any atom is 0.235 e. The van der Waals surface area contributed by atoms with Gasteiger partial charge in [-0.05, 0) is 41.8 Å². The highest BCUT2D eigenvalue weighted by atomic mass is 32.1. The van der Waals surface area contributed by atoms with E-state index in [1.807, 2.05) is 6.07 Å². The Hall–Kier alpha value is -2.16. The Balaban J connectivity index is 1.67. The standard InChI is InChI=1S/C23H29N3OS/c1-2-18-9-11-19(12-10-18)22(20-8-7-15-28-20)25-16-21(27)26-23(17-24)13-5-3-4-6-14-23/h7-12,15,22,25H,2-6,13-14,16H2,1H3,(H,26,27)/t22-/m0/s1. The second-order valence-electron chi connectivity index (χ2n) is 7.58. The number of thiophene rings is 1. The molecule has 0 aliphatic heterocycles. The van der Waals surface area contributed by atoms with Crippen LogP contribution in [0.3, 0.4) is 0 Å². The summed E-state index contributed by atoms with van der Waals surface area (Å²) >= 11 is 1.68. The van der Waals surface area contributed by atoms with E-state index in [9.17, 15) is 10.1 Å². The Morgan fingerprint density at radius 3 is 2.46 bits per heavy atom. The summed E-state index contributed by atoms with van der Waals surface area (Å²) in [5.74, 6) is -0.102. The van der Waals surface area contributed by atoms with Gasteiger partial charge in [0.15, 0.2) is 0 Å². The number of amides is 1. The van der Waals surface area contributed by atoms with E-state index in [0.29, 0.717) is 0 Å². The number of nitriles is 1. The number of aryl methyl sites for hydroxylation is 1. The van der Waals surface area contributed by atoms with Crippen molar-refractivity contribution in [3.63, 3.8) is 0 Å². The summed E-state index contributed by atoms with van der Waals surface area (Å²) in [4.78, 5) is 13.9. The first-order chi connectivity index (χ1) is 13.7. The molecule has 1 atom stereocenters. The van der Waals surface area contributed by atoms with Crippen LogP contribution in [0.1, 0.15) is 67.5 Å². The number of carbonyl (C=O) groups excluding carboxylic acids is 1. The van der Waals surface area contributed by atoms with E-state index in [1.54, 1.807) is 11.3 Å². The van der Waals surface area contributed by atoms with Gasteiger partial charge >= 0.3 is 0 Å². The molecule has 4 nitrogen and oxygen atoms in total. The van der Waals surface area contributed by atoms with Crippen LogP contribution < -0.4 is 10.6 Å². The van der Waals surface area contributed by atoms with Gasteiger partial charge in [0.25, 0.3) is 0 Å². The summed E-state index contributed by atoms with van der Waals surface area (Å²) in [7, 11) is 0. The van der Waals surface area contributed by atoms with Crippen LogP contribution in [-0.2, 0) is 11.2 Å². The molecule has 1 fully saturated rings. The molecule has 28 heavy (non-hydrogen) atoms. The number of benzene rings is 1. The Kier molecular flexibility index (Phi) is 7.24. The molecule has 1 aliphatic rings. The number of hydrogen-bond acceptors (Lipinski definition) is 4. The lowest BCUT2D eigenvalue weighted by Crippen LogP contribution is -2.50. The monoisotopic (exact) mass is 395 g/mol. The summed E-state index contributed by atoms with van der Waals surface area (Å²) in [6.45, 7) is 2.34. The lowest BCUT2D eigenvalue weighted by Gasteiger charge is -2.27. The van der Waals surface area contributed by atoms with Crippen molar-refractivity contribution in [2.75, 3.05) is 6.54 Å². The lowest BCUT2D eigenvalue weighted by molar-refractivity contribution is -0.121. The Morgan fingerprint density at radius 1 is 1.18 bits per heavy atom. The van der Waals surface area contributed by atoms with Crippen molar-refractivity contribution in [1.82, 2.24) is 10.6 Å². The minimum absolute atomic E-state index is 0.0242. The van der Waals surface area contributed by atoms with Gasteiger partial charge < -0.3 is 5.32 Å². The normalized spacial score (nSPS) is 17.3. The Morgan fingerprint density at radius 2 is 1.89 bits per heavy atom. The smallest absolute Gasteiger partial charge is 0.235 e. The molecule has 148 valence electrons. The molecule has 0 saturated heterocycles. The molecule has 1 aromatic heterocycles. The molecule has 1 amide bonds. The van der Waals surface area contributed by atoms with E-state index in [4.69, 9.17) is 0 Å². The highest BCUT2D eigenvalue weighted by Crippen LogP contribution is 2.28. The van der Waals surface area contributed by atoms with E-state index in [-0.39, 0.29) is 18.5 Å². The molecule has 2 aromatic rings. The van der Waals surface area contributed by atoms with Crippen LogP contribution in [0.2, 0.25) is 0 Å². The molecular formula is C23H29N3OS. The van der Waals surface area contributed by atoms with Crippen LogP contribution >= 0.6 is 11.3 Å². The number of nitrogens with zero attached hydrogens (tertiary/aromatic N) is 1. The van der Waals surface area contributed by atoms with Crippen LogP contribution in [0, 0.1) is 11.3 Å². The Bertz CT molecular complexity index is 784. The number of hydrogen-bond donors (Lipinski definition) is 2. The van der Waals surface area contributed by atoms with Crippen LogP contribution in [0.5, 0.6) is 0 Å². The molecule has 1 saturated carbocycles. The van der Waals surface area contributed by atoms with Crippen molar-refractivity contribution in [2.24, 2.45) is 0 Å². The van der Waals surface area contributed by atoms with Crippen molar-refractivity contribution in [3.8, 4) is 6.07 Å². The summed E-state index contributed by atoms with van der Waals surface area (Å²) < 4.78 is 0. The fraction of sp³-hybridized carbons (Fsp3) is 0.478. The zero-order valence-electron chi connectivity index (χ0n) is 16.5. The maximum absolute atomic E-state index is 12.7. The van der Waals surface area contributed by atoms with E-state index in [2.05, 4.69) is 59.3 Å². The summed E-state index contributed by atoms with van der Waals surface area (Å²) in [6.07, 6.45) is 6.81. The number of rotatable bonds is 7. The average Bonchev–Trinajstić information content (AvgIpc) is 3.15. The Labute approximate surface area is 172 Å². The van der Waals surface area contributed by atoms with Crippen molar-refractivity contribution in [3.05, 3.63) is 57.8 Å². The molecule has 1 aromatic carbocycles. The largest absolute Gasteiger partial charge is 0.337 e. The second-order valence-corrected chi connectivity index (χ2v) is 8.56. The fourth-order valence-corrected chi connectivity index (χ4v) is 4.71. The number of carbonyl (C=O) groups is 1. The second kappa shape index (κ2) is 9.86. The topological polar surface area (TPSA) is 64.9 Å². The highest BCUT2D eigenvalue weighted by Gasteiger charge is 2.32. The van der Waals surface area contributed by atoms with Gasteiger partial charge in [-0.3, -0.25) is 10.1 Å². The minimum atomic E-state index is -0.698. The summed E-state index contributed by atoms with van der Waals surface area (Å²) in [6, 6.07) is 15.1. The third-order valence-electron chi connectivity index (χ3n) is 5.57. The van der Waals surface area contributed by atoms with Crippen LogP contribution in [0.4, 0.5) is 0 Å². The van der Waals surface area contributed by atoms with Crippen molar-refractivity contribution in [2.45, 2.75) is 63.5 Å². The lowest BCUT2D eigenvalue weighted by atomic mass is 9.92. The van der Waals surface area contributed by atoms with Gasteiger partial charge in [0, 0.05) is 4.88 Å². The van der Waals surface area contributed by atoms with Gasteiger partial charge in [0.2, 0.25) is 5.91 Å². The first kappa shape index (κ1) is 20.6. The van der Waals surface area contributed by atoms with E-state index in [1.165, 1.54) is 10.4 Å².